The van der Waals surface area contributed by atoms with Gasteiger partial charge in [-0.2, -0.15) is 23.3 Å². The molecule has 0 spiro atoms. The molecule has 1 N–H and O–H groups in total. The number of fused-ring (bicyclic) bond motifs is 1. The Bertz CT molecular complexity index is 1120. The van der Waals surface area contributed by atoms with E-state index in [4.69, 9.17) is 4.74 Å². The third kappa shape index (κ3) is 4.27. The molecule has 3 rings (SSSR count). The van der Waals surface area contributed by atoms with E-state index in [1.807, 2.05) is 0 Å². The van der Waals surface area contributed by atoms with E-state index in [0.717, 1.165) is 6.07 Å². The predicted molar refractivity (Wildman–Crippen MR) is 103 cm³/mol. The van der Waals surface area contributed by atoms with E-state index in [9.17, 15) is 22.8 Å². The minimum Gasteiger partial charge on any atom is -0.464 e. The fourth-order valence-electron chi connectivity index (χ4n) is 2.97. The minimum atomic E-state index is -4.64. The second kappa shape index (κ2) is 7.77. The number of aromatic nitrogens is 3. The molecule has 2 heterocycles. The topological polar surface area (TPSA) is 86.1 Å². The summed E-state index contributed by atoms with van der Waals surface area (Å²) in [5.41, 5.74) is 0.173. The molecule has 0 aliphatic heterocycles. The van der Waals surface area contributed by atoms with Gasteiger partial charge in [-0.05, 0) is 45.0 Å². The van der Waals surface area contributed by atoms with Gasteiger partial charge in [-0.25, -0.2) is 0 Å². The number of hydrogen-bond acceptors (Lipinski definition) is 5. The largest absolute Gasteiger partial charge is 0.464 e. The molecule has 0 saturated heterocycles. The molecule has 7 nitrogen and oxygen atoms in total. The normalized spacial score (nSPS) is 12.6. The summed E-state index contributed by atoms with van der Waals surface area (Å²) in [4.78, 5) is 27.8. The van der Waals surface area contributed by atoms with Crippen molar-refractivity contribution in [2.75, 3.05) is 5.32 Å². The zero-order chi connectivity index (χ0) is 22.2. The Morgan fingerprint density at radius 1 is 1.20 bits per heavy atom. The lowest BCUT2D eigenvalue weighted by Crippen LogP contribution is -2.30. The maximum Gasteiger partial charge on any atom is 0.417 e. The third-order valence-corrected chi connectivity index (χ3v) is 4.48. The van der Waals surface area contributed by atoms with Crippen LogP contribution in [0.2, 0.25) is 0 Å². The molecular weight excluding hydrogens is 401 g/mol. The van der Waals surface area contributed by atoms with E-state index in [1.54, 1.807) is 24.3 Å². The van der Waals surface area contributed by atoms with Crippen LogP contribution in [0.25, 0.3) is 11.0 Å². The predicted octanol–water partition coefficient (Wildman–Crippen LogP) is 3.90. The van der Waals surface area contributed by atoms with Crippen LogP contribution >= 0.6 is 0 Å². The van der Waals surface area contributed by atoms with Crippen molar-refractivity contribution < 1.29 is 27.5 Å². The monoisotopic (exact) mass is 420 g/mol. The lowest BCUT2D eigenvalue weighted by atomic mass is 10.1. The standard InChI is InChI=1S/C20H19F3N4O3/c1-10-17-15(20(21,22)23)9-16(25-18(17)27(4)26-10)30-12(3)19(29)24-14-7-5-13(6-8-14)11(2)28/h5-9,12H,1-4H3,(H,24,29)/t12-/m1/s1. The Morgan fingerprint density at radius 3 is 2.40 bits per heavy atom. The van der Waals surface area contributed by atoms with Gasteiger partial charge in [0.2, 0.25) is 5.88 Å². The highest BCUT2D eigenvalue weighted by Crippen LogP contribution is 2.37. The number of ether oxygens (including phenoxy) is 1. The first-order valence-corrected chi connectivity index (χ1v) is 8.97. The molecule has 0 aliphatic rings. The van der Waals surface area contributed by atoms with Crippen LogP contribution in [0.15, 0.2) is 30.3 Å². The number of hydrogen-bond donors (Lipinski definition) is 1. The Morgan fingerprint density at radius 2 is 1.83 bits per heavy atom. The van der Waals surface area contributed by atoms with Crippen molar-refractivity contribution in [3.63, 3.8) is 0 Å². The zero-order valence-electron chi connectivity index (χ0n) is 16.7. The average Bonchev–Trinajstić information content (AvgIpc) is 2.94. The summed E-state index contributed by atoms with van der Waals surface area (Å²) in [6.45, 7) is 4.28. The van der Waals surface area contributed by atoms with Gasteiger partial charge in [0.05, 0.1) is 16.6 Å². The summed E-state index contributed by atoms with van der Waals surface area (Å²) in [6.07, 6.45) is -5.77. The van der Waals surface area contributed by atoms with Gasteiger partial charge in [0, 0.05) is 24.4 Å². The Hall–Kier alpha value is -3.43. The number of nitrogens with zero attached hydrogens (tertiary/aromatic N) is 3. The maximum atomic E-state index is 13.5. The molecule has 158 valence electrons. The molecule has 1 atom stereocenters. The van der Waals surface area contributed by atoms with E-state index in [0.29, 0.717) is 11.3 Å². The number of amides is 1. The number of aryl methyl sites for hydroxylation is 2. The fourth-order valence-corrected chi connectivity index (χ4v) is 2.97. The van der Waals surface area contributed by atoms with Gasteiger partial charge in [0.15, 0.2) is 17.5 Å². The average molecular weight is 420 g/mol. The summed E-state index contributed by atoms with van der Waals surface area (Å²) < 4.78 is 47.2. The first kappa shape index (κ1) is 21.3. The molecule has 10 heteroatoms. The molecule has 30 heavy (non-hydrogen) atoms. The molecule has 2 aromatic heterocycles. The lowest BCUT2D eigenvalue weighted by Gasteiger charge is -2.16. The first-order chi connectivity index (χ1) is 14.0. The molecule has 0 radical (unpaired) electrons. The van der Waals surface area contributed by atoms with E-state index in [2.05, 4.69) is 15.4 Å². The molecule has 0 saturated carbocycles. The van der Waals surface area contributed by atoms with E-state index in [1.165, 1.54) is 32.5 Å². The second-order valence-electron chi connectivity index (χ2n) is 6.80. The van der Waals surface area contributed by atoms with Crippen LogP contribution in [0.1, 0.15) is 35.5 Å². The molecule has 0 unspecified atom stereocenters. The van der Waals surface area contributed by atoms with Crippen LogP contribution in [0, 0.1) is 6.92 Å². The number of alkyl halides is 3. The van der Waals surface area contributed by atoms with Crippen LogP contribution in [0.3, 0.4) is 0 Å². The quantitative estimate of drug-likeness (QED) is 0.633. The van der Waals surface area contributed by atoms with E-state index >= 15 is 0 Å². The van der Waals surface area contributed by atoms with Crippen molar-refractivity contribution in [2.45, 2.75) is 33.1 Å². The number of benzene rings is 1. The van der Waals surface area contributed by atoms with E-state index in [-0.39, 0.29) is 28.4 Å². The highest BCUT2D eigenvalue weighted by molar-refractivity contribution is 5.96. The van der Waals surface area contributed by atoms with Gasteiger partial charge in [-0.1, -0.05) is 0 Å². The number of Topliss-reactive ketones (excluding diaryl/α,β-unsaturated/α-hetero) is 1. The first-order valence-electron chi connectivity index (χ1n) is 8.97. The van der Waals surface area contributed by atoms with Crippen LogP contribution in [0.4, 0.5) is 18.9 Å². The lowest BCUT2D eigenvalue weighted by molar-refractivity contribution is -0.136. The molecular formula is C20H19F3N4O3. The second-order valence-corrected chi connectivity index (χ2v) is 6.80. The smallest absolute Gasteiger partial charge is 0.417 e. The van der Waals surface area contributed by atoms with Crippen molar-refractivity contribution in [2.24, 2.45) is 7.05 Å². The number of halogens is 3. The molecule has 0 bridgehead atoms. The number of ketones is 1. The molecule has 3 aromatic rings. The van der Waals surface area contributed by atoms with Gasteiger partial charge in [0.25, 0.3) is 5.91 Å². The molecule has 1 amide bonds. The van der Waals surface area contributed by atoms with Gasteiger partial charge in [-0.3, -0.25) is 14.3 Å². The summed E-state index contributed by atoms with van der Waals surface area (Å²) >= 11 is 0. The molecule has 1 aromatic carbocycles. The van der Waals surface area contributed by atoms with Crippen LogP contribution in [-0.2, 0) is 18.0 Å². The van der Waals surface area contributed by atoms with Crippen LogP contribution < -0.4 is 10.1 Å². The minimum absolute atomic E-state index is 0.00440. The van der Waals surface area contributed by atoms with Crippen LogP contribution in [0.5, 0.6) is 5.88 Å². The van der Waals surface area contributed by atoms with Crippen LogP contribution in [-0.4, -0.2) is 32.6 Å². The summed E-state index contributed by atoms with van der Waals surface area (Å²) in [6, 6.07) is 6.97. The summed E-state index contributed by atoms with van der Waals surface area (Å²) in [5.74, 6) is -1.04. The number of nitrogens with one attached hydrogen (secondary N) is 1. The van der Waals surface area contributed by atoms with Crippen molar-refractivity contribution in [3.8, 4) is 5.88 Å². The SMILES string of the molecule is CC(=O)c1ccc(NC(=O)[C@@H](C)Oc2cc(C(F)(F)F)c3c(C)nn(C)c3n2)cc1. The number of carbonyl (C=O) groups is 2. The summed E-state index contributed by atoms with van der Waals surface area (Å²) in [5, 5.41) is 6.46. The van der Waals surface area contributed by atoms with Gasteiger partial charge in [0.1, 0.15) is 0 Å². The van der Waals surface area contributed by atoms with Crippen molar-refractivity contribution in [1.29, 1.82) is 0 Å². The number of anilines is 1. The fraction of sp³-hybridized carbons (Fsp3) is 0.300. The Kier molecular flexibility index (Phi) is 5.51. The third-order valence-electron chi connectivity index (χ3n) is 4.48. The Labute approximate surface area is 169 Å². The highest BCUT2D eigenvalue weighted by Gasteiger charge is 2.36. The highest BCUT2D eigenvalue weighted by atomic mass is 19.4. The zero-order valence-corrected chi connectivity index (χ0v) is 16.7. The van der Waals surface area contributed by atoms with Crippen molar-refractivity contribution >= 4 is 28.4 Å². The molecule has 0 aliphatic carbocycles. The molecule has 0 fully saturated rings. The number of rotatable bonds is 5. The maximum absolute atomic E-state index is 13.5. The van der Waals surface area contributed by atoms with Crippen molar-refractivity contribution in [3.05, 3.63) is 47.2 Å². The van der Waals surface area contributed by atoms with Gasteiger partial charge >= 0.3 is 6.18 Å². The van der Waals surface area contributed by atoms with Gasteiger partial charge in [-0.15, -0.1) is 0 Å². The van der Waals surface area contributed by atoms with Gasteiger partial charge < -0.3 is 10.1 Å². The Balaban J connectivity index is 1.83. The number of pyridine rings is 1. The van der Waals surface area contributed by atoms with E-state index < -0.39 is 23.8 Å². The van der Waals surface area contributed by atoms with Crippen molar-refractivity contribution in [1.82, 2.24) is 14.8 Å². The number of carbonyl (C=O) groups excluding carboxylic acids is 2. The summed E-state index contributed by atoms with van der Waals surface area (Å²) in [7, 11) is 1.48.